The highest BCUT2D eigenvalue weighted by Gasteiger charge is 2.23. The predicted molar refractivity (Wildman–Crippen MR) is 176 cm³/mol. The van der Waals surface area contributed by atoms with Crippen LogP contribution in [0.1, 0.15) is 41.7 Å². The Bertz CT molecular complexity index is 1310. The minimum atomic E-state index is -0.0719. The number of thioether (sulfide) groups is 2. The second-order valence-electron chi connectivity index (χ2n) is 8.66. The highest BCUT2D eigenvalue weighted by Crippen LogP contribution is 2.38. The Balaban J connectivity index is 0.000000206. The first-order valence-electron chi connectivity index (χ1n) is 11.8. The molecule has 0 radical (unpaired) electrons. The average Bonchev–Trinajstić information content (AvgIpc) is 2.93. The van der Waals surface area contributed by atoms with Gasteiger partial charge in [-0.3, -0.25) is 0 Å². The smallest absolute Gasteiger partial charge is 0.0786 e. The quantitative estimate of drug-likeness (QED) is 0.200. The fourth-order valence-electron chi connectivity index (χ4n) is 3.39. The number of halogens is 1. The maximum Gasteiger partial charge on any atom is 0.0786 e. The monoisotopic (exact) mass is 576 g/mol. The second kappa shape index (κ2) is 14.7. The number of hydrogen-bond acceptors (Lipinski definition) is 4. The zero-order valence-corrected chi connectivity index (χ0v) is 24.9. The molecule has 0 saturated carbocycles. The summed E-state index contributed by atoms with van der Waals surface area (Å²) in [7, 11) is 0. The predicted octanol–water partition coefficient (Wildman–Crippen LogP) is 10.6. The summed E-state index contributed by atoms with van der Waals surface area (Å²) >= 11 is 20.3. The number of hydrogen-bond donors (Lipinski definition) is 0. The number of thiocarbonyl (C=S) groups is 2. The van der Waals surface area contributed by atoms with E-state index in [2.05, 4.69) is 69.0 Å². The van der Waals surface area contributed by atoms with Gasteiger partial charge in [-0.2, -0.15) is 0 Å². The molecule has 0 aliphatic carbocycles. The van der Waals surface area contributed by atoms with Gasteiger partial charge in [-0.1, -0.05) is 146 Å². The lowest BCUT2D eigenvalue weighted by atomic mass is 10.0. The summed E-state index contributed by atoms with van der Waals surface area (Å²) in [5.74, 6) is 0.898. The first-order valence-corrected chi connectivity index (χ1v) is 14.8. The summed E-state index contributed by atoms with van der Waals surface area (Å²) in [6, 6.07) is 36.6. The van der Waals surface area contributed by atoms with E-state index < -0.39 is 0 Å². The van der Waals surface area contributed by atoms with E-state index in [0.717, 1.165) is 35.9 Å². The molecule has 0 N–H and O–H groups in total. The molecule has 4 aromatic carbocycles. The molecular weight excluding hydrogens is 548 g/mol. The fourth-order valence-corrected chi connectivity index (χ4v) is 6.34. The van der Waals surface area contributed by atoms with Crippen LogP contribution in [0.2, 0.25) is 5.02 Å². The van der Waals surface area contributed by atoms with Gasteiger partial charge >= 0.3 is 0 Å². The van der Waals surface area contributed by atoms with Gasteiger partial charge in [-0.25, -0.2) is 0 Å². The van der Waals surface area contributed by atoms with E-state index in [9.17, 15) is 0 Å². The fraction of sp³-hybridized carbons (Fsp3) is 0.125. The molecule has 0 amide bonds. The first kappa shape index (κ1) is 29.3. The Labute approximate surface area is 245 Å². The van der Waals surface area contributed by atoms with Crippen LogP contribution < -0.4 is 0 Å². The van der Waals surface area contributed by atoms with E-state index in [1.807, 2.05) is 66.7 Å². The van der Waals surface area contributed by atoms with Gasteiger partial charge in [0.15, 0.2) is 0 Å². The van der Waals surface area contributed by atoms with Crippen molar-refractivity contribution in [2.75, 3.05) is 0 Å². The molecule has 0 spiro atoms. The standard InChI is InChI=1S/C16H15ClS2.C16H14S2/c1-16(2,13-8-10-14(17)11-9-13)19-15(18)12-6-4-3-5-7-12;1-2-13-7-6-8-14(11-13)12-18-16(17)15-9-4-3-5-10-15/h3-11H,1-2H3;2-11H,1,12H2. The Kier molecular flexibility index (Phi) is 11.6. The summed E-state index contributed by atoms with van der Waals surface area (Å²) in [6.07, 6.45) is 1.86. The zero-order valence-electron chi connectivity index (χ0n) is 20.9. The third kappa shape index (κ3) is 9.55. The molecule has 0 aliphatic heterocycles. The molecule has 188 valence electrons. The van der Waals surface area contributed by atoms with Crippen LogP contribution in [0, 0.1) is 0 Å². The van der Waals surface area contributed by atoms with Gasteiger partial charge in [0.1, 0.15) is 0 Å². The highest BCUT2D eigenvalue weighted by atomic mass is 35.5. The average molecular weight is 577 g/mol. The molecule has 0 bridgehead atoms. The van der Waals surface area contributed by atoms with Crippen molar-refractivity contribution in [3.63, 3.8) is 0 Å². The van der Waals surface area contributed by atoms with Crippen molar-refractivity contribution in [2.24, 2.45) is 0 Å². The second-order valence-corrected chi connectivity index (χ2v) is 13.1. The van der Waals surface area contributed by atoms with Crippen LogP contribution in [-0.4, -0.2) is 8.39 Å². The van der Waals surface area contributed by atoms with Gasteiger partial charge in [0.25, 0.3) is 0 Å². The summed E-state index contributed by atoms with van der Waals surface area (Å²) in [5.41, 5.74) is 5.87. The van der Waals surface area contributed by atoms with Crippen LogP contribution in [0.25, 0.3) is 6.08 Å². The molecule has 0 saturated heterocycles. The molecule has 37 heavy (non-hydrogen) atoms. The van der Waals surface area contributed by atoms with E-state index in [-0.39, 0.29) is 4.75 Å². The number of benzene rings is 4. The largest absolute Gasteiger partial charge is 0.109 e. The van der Waals surface area contributed by atoms with E-state index in [1.165, 1.54) is 11.1 Å². The van der Waals surface area contributed by atoms with E-state index in [0.29, 0.717) is 0 Å². The van der Waals surface area contributed by atoms with Gasteiger partial charge < -0.3 is 0 Å². The molecule has 4 aromatic rings. The summed E-state index contributed by atoms with van der Waals surface area (Å²) in [6.45, 7) is 8.14. The molecule has 5 heteroatoms. The minimum absolute atomic E-state index is 0.0719. The third-order valence-corrected chi connectivity index (χ3v) is 8.93. The van der Waals surface area contributed by atoms with Gasteiger partial charge in [0.2, 0.25) is 0 Å². The summed E-state index contributed by atoms with van der Waals surface area (Å²) < 4.78 is 1.79. The maximum absolute atomic E-state index is 5.93. The van der Waals surface area contributed by atoms with Gasteiger partial charge in [0, 0.05) is 15.5 Å². The summed E-state index contributed by atoms with van der Waals surface area (Å²) in [5, 5.41) is 0.759. The molecule has 0 nitrogen and oxygen atoms in total. The molecule has 0 atom stereocenters. The van der Waals surface area contributed by atoms with Gasteiger partial charge in [-0.05, 0) is 53.8 Å². The van der Waals surface area contributed by atoms with Gasteiger partial charge in [0.05, 0.1) is 8.39 Å². The van der Waals surface area contributed by atoms with Crippen LogP contribution >= 0.6 is 59.6 Å². The molecule has 0 fully saturated rings. The lowest BCUT2D eigenvalue weighted by Crippen LogP contribution is -2.14. The molecule has 0 aliphatic rings. The van der Waals surface area contributed by atoms with Crippen LogP contribution in [0.5, 0.6) is 0 Å². The van der Waals surface area contributed by atoms with Crippen molar-refractivity contribution < 1.29 is 0 Å². The third-order valence-electron chi connectivity index (χ3n) is 5.46. The number of rotatable bonds is 7. The molecular formula is C32H29ClS4. The van der Waals surface area contributed by atoms with Crippen molar-refractivity contribution in [3.8, 4) is 0 Å². The normalized spacial score (nSPS) is 10.7. The van der Waals surface area contributed by atoms with Crippen molar-refractivity contribution >= 4 is 74.0 Å². The Morgan fingerprint density at radius 3 is 1.92 bits per heavy atom. The van der Waals surface area contributed by atoms with Crippen LogP contribution in [0.15, 0.2) is 116 Å². The Hall–Kier alpha value is -2.21. The van der Waals surface area contributed by atoms with E-state index in [4.69, 9.17) is 36.0 Å². The van der Waals surface area contributed by atoms with Crippen LogP contribution in [0.4, 0.5) is 0 Å². The summed E-state index contributed by atoms with van der Waals surface area (Å²) in [4.78, 5) is 0. The van der Waals surface area contributed by atoms with E-state index in [1.54, 1.807) is 23.5 Å². The van der Waals surface area contributed by atoms with Crippen molar-refractivity contribution in [3.05, 3.63) is 149 Å². The van der Waals surface area contributed by atoms with Crippen molar-refractivity contribution in [1.82, 2.24) is 0 Å². The first-order chi connectivity index (χ1) is 17.8. The van der Waals surface area contributed by atoms with Crippen molar-refractivity contribution in [1.29, 1.82) is 0 Å². The van der Waals surface area contributed by atoms with Crippen LogP contribution in [-0.2, 0) is 10.5 Å². The Morgan fingerprint density at radius 2 is 1.35 bits per heavy atom. The van der Waals surface area contributed by atoms with Crippen LogP contribution in [0.3, 0.4) is 0 Å². The molecule has 4 rings (SSSR count). The zero-order chi connectivity index (χ0) is 26.7. The highest BCUT2D eigenvalue weighted by molar-refractivity contribution is 8.24. The van der Waals surface area contributed by atoms with E-state index >= 15 is 0 Å². The topological polar surface area (TPSA) is 0 Å². The SMILES string of the molecule is C=Cc1cccc(CSC(=S)c2ccccc2)c1.CC(C)(SC(=S)c1ccccc1)c1ccc(Cl)cc1. The molecule has 0 unspecified atom stereocenters. The molecule has 0 aromatic heterocycles. The lowest BCUT2D eigenvalue weighted by molar-refractivity contribution is 0.788. The molecule has 0 heterocycles. The Morgan fingerprint density at radius 1 is 0.784 bits per heavy atom. The van der Waals surface area contributed by atoms with Crippen molar-refractivity contribution in [2.45, 2.75) is 24.3 Å². The van der Waals surface area contributed by atoms with Gasteiger partial charge in [-0.15, -0.1) is 23.5 Å². The maximum atomic E-state index is 5.93. The lowest BCUT2D eigenvalue weighted by Gasteiger charge is -2.25. The minimum Gasteiger partial charge on any atom is -0.109 e.